The lowest BCUT2D eigenvalue weighted by molar-refractivity contribution is 0.102. The Kier molecular flexibility index (Phi) is 4.98. The van der Waals surface area contributed by atoms with Crippen molar-refractivity contribution in [2.45, 2.75) is 0 Å². The lowest BCUT2D eigenvalue weighted by Gasteiger charge is -2.11. The van der Waals surface area contributed by atoms with E-state index in [0.29, 0.717) is 16.8 Å². The Morgan fingerprint density at radius 3 is 2.52 bits per heavy atom. The molecule has 0 saturated heterocycles. The molecule has 0 heterocycles. The normalized spacial score (nSPS) is 11.2. The summed E-state index contributed by atoms with van der Waals surface area (Å²) in [5.41, 5.74) is 7.00. The number of amides is 1. The number of amidine groups is 1. The van der Waals surface area contributed by atoms with E-state index in [0.717, 1.165) is 8.95 Å². The molecule has 0 aliphatic rings. The Hall–Kier alpha value is -1.86. The Balaban J connectivity index is 2.33. The van der Waals surface area contributed by atoms with Gasteiger partial charge in [-0.2, -0.15) is 0 Å². The number of hydrogen-bond acceptors (Lipinski definition) is 3. The second kappa shape index (κ2) is 6.73. The quantitative estimate of drug-likeness (QED) is 0.311. The molecule has 5 nitrogen and oxygen atoms in total. The number of nitrogens with zero attached hydrogens (tertiary/aromatic N) is 1. The first-order valence-electron chi connectivity index (χ1n) is 5.85. The summed E-state index contributed by atoms with van der Waals surface area (Å²) in [6.45, 7) is 0. The molecule has 2 rings (SSSR count). The van der Waals surface area contributed by atoms with Crippen molar-refractivity contribution < 1.29 is 10.0 Å². The molecular formula is C14H11Br2N3O2. The van der Waals surface area contributed by atoms with E-state index in [9.17, 15) is 4.79 Å². The van der Waals surface area contributed by atoms with Gasteiger partial charge in [0.1, 0.15) is 0 Å². The maximum Gasteiger partial charge on any atom is 0.255 e. The number of anilines is 1. The van der Waals surface area contributed by atoms with Gasteiger partial charge in [-0.1, -0.05) is 43.1 Å². The van der Waals surface area contributed by atoms with E-state index in [1.807, 2.05) is 6.07 Å². The van der Waals surface area contributed by atoms with Gasteiger partial charge in [-0.25, -0.2) is 0 Å². The average molecular weight is 413 g/mol. The summed E-state index contributed by atoms with van der Waals surface area (Å²) in [6, 6.07) is 12.1. The zero-order valence-electron chi connectivity index (χ0n) is 10.7. The van der Waals surface area contributed by atoms with Crippen LogP contribution < -0.4 is 11.1 Å². The van der Waals surface area contributed by atoms with Crippen LogP contribution in [0.1, 0.15) is 15.9 Å². The second-order valence-electron chi connectivity index (χ2n) is 4.14. The summed E-state index contributed by atoms with van der Waals surface area (Å²) in [5, 5.41) is 14.5. The van der Waals surface area contributed by atoms with Gasteiger partial charge < -0.3 is 16.3 Å². The first kappa shape index (κ1) is 15.5. The predicted molar refractivity (Wildman–Crippen MR) is 88.7 cm³/mol. The highest BCUT2D eigenvalue weighted by molar-refractivity contribution is 9.10. The van der Waals surface area contributed by atoms with Gasteiger partial charge in [-0.3, -0.25) is 4.79 Å². The van der Waals surface area contributed by atoms with Crippen LogP contribution >= 0.6 is 31.9 Å². The first-order valence-corrected chi connectivity index (χ1v) is 7.44. The van der Waals surface area contributed by atoms with E-state index in [2.05, 4.69) is 42.3 Å². The summed E-state index contributed by atoms with van der Waals surface area (Å²) in [5.74, 6) is -0.369. The minimum absolute atomic E-state index is 0.0826. The number of halogens is 2. The largest absolute Gasteiger partial charge is 0.409 e. The lowest BCUT2D eigenvalue weighted by Crippen LogP contribution is -2.19. The van der Waals surface area contributed by atoms with E-state index in [4.69, 9.17) is 10.9 Å². The molecule has 7 heteroatoms. The van der Waals surface area contributed by atoms with Crippen molar-refractivity contribution in [1.82, 2.24) is 0 Å². The summed E-state index contributed by atoms with van der Waals surface area (Å²) >= 11 is 6.62. The van der Waals surface area contributed by atoms with Crippen molar-refractivity contribution in [3.8, 4) is 0 Å². The molecule has 0 atom stereocenters. The molecule has 4 N–H and O–H groups in total. The molecule has 0 radical (unpaired) electrons. The molecule has 0 bridgehead atoms. The zero-order chi connectivity index (χ0) is 15.4. The van der Waals surface area contributed by atoms with Crippen LogP contribution in [0.4, 0.5) is 5.69 Å². The molecule has 0 aliphatic heterocycles. The fourth-order valence-electron chi connectivity index (χ4n) is 1.72. The van der Waals surface area contributed by atoms with Gasteiger partial charge in [0.2, 0.25) is 0 Å². The summed E-state index contributed by atoms with van der Waals surface area (Å²) in [4.78, 5) is 12.2. The highest BCUT2D eigenvalue weighted by Crippen LogP contribution is 2.22. The molecule has 2 aromatic rings. The minimum atomic E-state index is -0.286. The third-order valence-electron chi connectivity index (χ3n) is 2.70. The van der Waals surface area contributed by atoms with Crippen molar-refractivity contribution in [2.24, 2.45) is 10.9 Å². The zero-order valence-corrected chi connectivity index (χ0v) is 13.8. The number of oxime groups is 1. The van der Waals surface area contributed by atoms with Gasteiger partial charge in [0, 0.05) is 20.1 Å². The molecule has 0 spiro atoms. The predicted octanol–water partition coefficient (Wildman–Crippen LogP) is 3.56. The van der Waals surface area contributed by atoms with Gasteiger partial charge in [-0.15, -0.1) is 0 Å². The van der Waals surface area contributed by atoms with E-state index >= 15 is 0 Å². The van der Waals surface area contributed by atoms with E-state index in [-0.39, 0.29) is 11.7 Å². The first-order chi connectivity index (χ1) is 10.0. The average Bonchev–Trinajstić information content (AvgIpc) is 2.48. The number of carbonyl (C=O) groups excluding carboxylic acids is 1. The van der Waals surface area contributed by atoms with Crippen LogP contribution in [0, 0.1) is 0 Å². The molecular weight excluding hydrogens is 402 g/mol. The maximum atomic E-state index is 12.2. The Labute approximate surface area is 138 Å². The van der Waals surface area contributed by atoms with E-state index in [1.54, 1.807) is 36.4 Å². The molecule has 0 aliphatic carbocycles. The summed E-state index contributed by atoms with van der Waals surface area (Å²) in [7, 11) is 0. The molecule has 0 aromatic heterocycles. The smallest absolute Gasteiger partial charge is 0.255 e. The monoisotopic (exact) mass is 411 g/mol. The number of carbonyl (C=O) groups is 1. The number of rotatable bonds is 3. The van der Waals surface area contributed by atoms with E-state index in [1.165, 1.54) is 0 Å². The molecule has 108 valence electrons. The SMILES string of the molecule is N/C(=N/O)c1cc(Br)ccc1NC(=O)c1cccc(Br)c1. The Morgan fingerprint density at radius 2 is 1.86 bits per heavy atom. The van der Waals surface area contributed by atoms with E-state index < -0.39 is 0 Å². The van der Waals surface area contributed by atoms with Crippen molar-refractivity contribution in [1.29, 1.82) is 0 Å². The summed E-state index contributed by atoms with van der Waals surface area (Å²) < 4.78 is 1.56. The van der Waals surface area contributed by atoms with Crippen molar-refractivity contribution in [3.63, 3.8) is 0 Å². The maximum absolute atomic E-state index is 12.2. The van der Waals surface area contributed by atoms with Crippen LogP contribution in [0.2, 0.25) is 0 Å². The van der Waals surface area contributed by atoms with Crippen molar-refractivity contribution in [3.05, 3.63) is 62.5 Å². The third kappa shape index (κ3) is 3.83. The fourth-order valence-corrected chi connectivity index (χ4v) is 2.48. The van der Waals surface area contributed by atoms with Crippen LogP contribution in [0.5, 0.6) is 0 Å². The highest BCUT2D eigenvalue weighted by Gasteiger charge is 2.12. The Bertz CT molecular complexity index is 717. The lowest BCUT2D eigenvalue weighted by atomic mass is 10.1. The van der Waals surface area contributed by atoms with Crippen LogP contribution in [0.25, 0.3) is 0 Å². The highest BCUT2D eigenvalue weighted by atomic mass is 79.9. The number of benzene rings is 2. The molecule has 0 saturated carbocycles. The number of nitrogens with two attached hydrogens (primary N) is 1. The van der Waals surface area contributed by atoms with Gasteiger partial charge in [-0.05, 0) is 36.4 Å². The number of hydrogen-bond donors (Lipinski definition) is 3. The topological polar surface area (TPSA) is 87.7 Å². The Morgan fingerprint density at radius 1 is 1.14 bits per heavy atom. The second-order valence-corrected chi connectivity index (χ2v) is 5.97. The van der Waals surface area contributed by atoms with Gasteiger partial charge >= 0.3 is 0 Å². The minimum Gasteiger partial charge on any atom is -0.409 e. The fraction of sp³-hybridized carbons (Fsp3) is 0. The summed E-state index contributed by atoms with van der Waals surface area (Å²) in [6.07, 6.45) is 0. The molecule has 2 aromatic carbocycles. The van der Waals surface area contributed by atoms with Crippen LogP contribution in [-0.2, 0) is 0 Å². The van der Waals surface area contributed by atoms with Crippen molar-refractivity contribution >= 4 is 49.3 Å². The van der Waals surface area contributed by atoms with Crippen LogP contribution in [0.15, 0.2) is 56.6 Å². The van der Waals surface area contributed by atoms with Gasteiger partial charge in [0.05, 0.1) is 5.69 Å². The molecule has 1 amide bonds. The standard InChI is InChI=1S/C14H11Br2N3O2/c15-9-3-1-2-8(6-9)14(20)18-12-5-4-10(16)7-11(12)13(17)19-21/h1-7,21H,(H2,17,19)(H,18,20). The van der Waals surface area contributed by atoms with Crippen molar-refractivity contribution in [2.75, 3.05) is 5.32 Å². The van der Waals surface area contributed by atoms with Crippen LogP contribution in [0.3, 0.4) is 0 Å². The third-order valence-corrected chi connectivity index (χ3v) is 3.69. The van der Waals surface area contributed by atoms with Gasteiger partial charge in [0.25, 0.3) is 5.91 Å². The molecule has 0 unspecified atom stereocenters. The molecule has 21 heavy (non-hydrogen) atoms. The molecule has 0 fully saturated rings. The van der Waals surface area contributed by atoms with Crippen LogP contribution in [-0.4, -0.2) is 17.0 Å². The number of nitrogens with one attached hydrogen (secondary N) is 1. The van der Waals surface area contributed by atoms with Gasteiger partial charge in [0.15, 0.2) is 5.84 Å².